The van der Waals surface area contributed by atoms with Gasteiger partial charge in [0.25, 0.3) is 5.91 Å². The molecule has 0 saturated carbocycles. The molecule has 1 saturated heterocycles. The first kappa shape index (κ1) is 18.6. The lowest BCUT2D eigenvalue weighted by molar-refractivity contribution is 0.0773. The van der Waals surface area contributed by atoms with E-state index in [1.165, 1.54) is 5.56 Å². The molecule has 1 aliphatic heterocycles. The van der Waals surface area contributed by atoms with E-state index < -0.39 is 0 Å². The standard InChI is InChI=1S/C20H28N4O2/c1-4-14-5-7-15(8-6-14)18-9-19(22-21-18)20(26)24-11-16(10-23(2)3)17(12-24)13-25/h5-9,16-17,25H,4,10-13H2,1-3H3,(H,21,22)/t16-,17-/m1/s1. The SMILES string of the molecule is CCc1ccc(-c2cc(C(=O)N3C[C@@H](CN(C)C)[C@@H](CO)C3)[nH]n2)cc1. The van der Waals surface area contributed by atoms with E-state index in [2.05, 4.69) is 34.2 Å². The van der Waals surface area contributed by atoms with E-state index in [-0.39, 0.29) is 18.4 Å². The van der Waals surface area contributed by atoms with Gasteiger partial charge >= 0.3 is 0 Å². The molecule has 1 aromatic heterocycles. The number of carbonyl (C=O) groups excluding carboxylic acids is 1. The number of hydrogen-bond acceptors (Lipinski definition) is 4. The molecule has 0 unspecified atom stereocenters. The Morgan fingerprint density at radius 1 is 1.27 bits per heavy atom. The lowest BCUT2D eigenvalue weighted by Gasteiger charge is -2.20. The fourth-order valence-electron chi connectivity index (χ4n) is 3.65. The molecule has 2 heterocycles. The van der Waals surface area contributed by atoms with Crippen molar-refractivity contribution in [3.63, 3.8) is 0 Å². The Balaban J connectivity index is 1.71. The fraction of sp³-hybridized carbons (Fsp3) is 0.500. The first-order chi connectivity index (χ1) is 12.5. The van der Waals surface area contributed by atoms with Gasteiger partial charge in [-0.2, -0.15) is 5.10 Å². The summed E-state index contributed by atoms with van der Waals surface area (Å²) in [6.45, 7) is 4.36. The number of hydrogen-bond donors (Lipinski definition) is 2. The monoisotopic (exact) mass is 356 g/mol. The molecule has 1 aromatic carbocycles. The van der Waals surface area contributed by atoms with Gasteiger partial charge in [-0.15, -0.1) is 0 Å². The zero-order valence-electron chi connectivity index (χ0n) is 15.8. The highest BCUT2D eigenvalue weighted by atomic mass is 16.3. The van der Waals surface area contributed by atoms with E-state index in [0.29, 0.717) is 24.7 Å². The molecule has 2 atom stereocenters. The average Bonchev–Trinajstić information content (AvgIpc) is 3.28. The fourth-order valence-corrected chi connectivity index (χ4v) is 3.65. The zero-order valence-corrected chi connectivity index (χ0v) is 15.8. The number of aliphatic hydroxyl groups excluding tert-OH is 1. The van der Waals surface area contributed by atoms with E-state index >= 15 is 0 Å². The summed E-state index contributed by atoms with van der Waals surface area (Å²) in [6.07, 6.45) is 1.000. The number of H-pyrrole nitrogens is 1. The Bertz CT molecular complexity index is 739. The van der Waals surface area contributed by atoms with Gasteiger partial charge in [0.15, 0.2) is 0 Å². The number of amides is 1. The Kier molecular flexibility index (Phi) is 5.74. The number of benzene rings is 1. The van der Waals surface area contributed by atoms with Crippen molar-refractivity contribution in [2.24, 2.45) is 11.8 Å². The van der Waals surface area contributed by atoms with E-state index in [9.17, 15) is 9.90 Å². The van der Waals surface area contributed by atoms with Crippen molar-refractivity contribution in [2.75, 3.05) is 40.3 Å². The van der Waals surface area contributed by atoms with Crippen LogP contribution in [0.2, 0.25) is 0 Å². The van der Waals surface area contributed by atoms with Crippen molar-refractivity contribution in [1.82, 2.24) is 20.0 Å². The number of aromatic amines is 1. The minimum atomic E-state index is -0.0476. The third-order valence-electron chi connectivity index (χ3n) is 5.16. The van der Waals surface area contributed by atoms with E-state index in [0.717, 1.165) is 24.2 Å². The number of aryl methyl sites for hydroxylation is 1. The van der Waals surface area contributed by atoms with Gasteiger partial charge in [0, 0.05) is 37.7 Å². The van der Waals surface area contributed by atoms with Crippen LogP contribution in [-0.2, 0) is 6.42 Å². The second-order valence-electron chi connectivity index (χ2n) is 7.39. The van der Waals surface area contributed by atoms with Crippen molar-refractivity contribution in [3.05, 3.63) is 41.6 Å². The second-order valence-corrected chi connectivity index (χ2v) is 7.39. The first-order valence-corrected chi connectivity index (χ1v) is 9.21. The molecular weight excluding hydrogens is 328 g/mol. The van der Waals surface area contributed by atoms with E-state index in [1.54, 1.807) is 0 Å². The van der Waals surface area contributed by atoms with Crippen LogP contribution in [0.5, 0.6) is 0 Å². The molecule has 0 radical (unpaired) electrons. The molecule has 0 spiro atoms. The molecule has 3 rings (SSSR count). The Morgan fingerprint density at radius 2 is 1.96 bits per heavy atom. The maximum absolute atomic E-state index is 12.8. The number of aliphatic hydroxyl groups is 1. The molecular formula is C20H28N4O2. The average molecular weight is 356 g/mol. The van der Waals surface area contributed by atoms with Gasteiger partial charge in [-0.25, -0.2) is 0 Å². The van der Waals surface area contributed by atoms with Gasteiger partial charge in [-0.1, -0.05) is 31.2 Å². The predicted octanol–water partition coefficient (Wildman–Crippen LogP) is 1.88. The topological polar surface area (TPSA) is 72.5 Å². The van der Waals surface area contributed by atoms with Crippen LogP contribution in [0, 0.1) is 11.8 Å². The molecule has 0 bridgehead atoms. The highest BCUT2D eigenvalue weighted by Gasteiger charge is 2.35. The molecule has 6 nitrogen and oxygen atoms in total. The van der Waals surface area contributed by atoms with Crippen LogP contribution in [0.1, 0.15) is 23.0 Å². The Morgan fingerprint density at radius 3 is 2.58 bits per heavy atom. The summed E-state index contributed by atoms with van der Waals surface area (Å²) in [5.41, 5.74) is 3.55. The number of nitrogens with zero attached hydrogens (tertiary/aromatic N) is 3. The molecule has 1 amide bonds. The normalized spacial score (nSPS) is 20.1. The smallest absolute Gasteiger partial charge is 0.271 e. The Labute approximate surface area is 154 Å². The van der Waals surface area contributed by atoms with Crippen LogP contribution < -0.4 is 0 Å². The van der Waals surface area contributed by atoms with Gasteiger partial charge in [0.1, 0.15) is 5.69 Å². The molecule has 2 N–H and O–H groups in total. The quantitative estimate of drug-likeness (QED) is 0.829. The van der Waals surface area contributed by atoms with Crippen LogP contribution in [0.4, 0.5) is 0 Å². The number of carbonyl (C=O) groups is 1. The van der Waals surface area contributed by atoms with E-state index in [1.807, 2.05) is 37.2 Å². The van der Waals surface area contributed by atoms with Crippen molar-refractivity contribution in [1.29, 1.82) is 0 Å². The summed E-state index contributed by atoms with van der Waals surface area (Å²) < 4.78 is 0. The van der Waals surface area contributed by atoms with Crippen LogP contribution >= 0.6 is 0 Å². The van der Waals surface area contributed by atoms with E-state index in [4.69, 9.17) is 0 Å². The van der Waals surface area contributed by atoms with Gasteiger partial charge in [-0.05, 0) is 38.1 Å². The van der Waals surface area contributed by atoms with Crippen LogP contribution in [0.15, 0.2) is 30.3 Å². The summed E-state index contributed by atoms with van der Waals surface area (Å²) in [6, 6.07) is 10.1. The summed E-state index contributed by atoms with van der Waals surface area (Å²) in [5, 5.41) is 16.8. The zero-order chi connectivity index (χ0) is 18.7. The molecule has 1 aliphatic rings. The van der Waals surface area contributed by atoms with Gasteiger partial charge < -0.3 is 14.9 Å². The third-order valence-corrected chi connectivity index (χ3v) is 5.16. The summed E-state index contributed by atoms with van der Waals surface area (Å²) >= 11 is 0. The lowest BCUT2D eigenvalue weighted by atomic mass is 9.97. The second kappa shape index (κ2) is 8.01. The highest BCUT2D eigenvalue weighted by molar-refractivity contribution is 5.93. The largest absolute Gasteiger partial charge is 0.396 e. The van der Waals surface area contributed by atoms with Crippen LogP contribution in [0.3, 0.4) is 0 Å². The molecule has 26 heavy (non-hydrogen) atoms. The lowest BCUT2D eigenvalue weighted by Crippen LogP contribution is -2.31. The van der Waals surface area contributed by atoms with Gasteiger partial charge in [0.2, 0.25) is 0 Å². The van der Waals surface area contributed by atoms with Gasteiger partial charge in [0.05, 0.1) is 5.69 Å². The van der Waals surface area contributed by atoms with Crippen molar-refractivity contribution >= 4 is 5.91 Å². The first-order valence-electron chi connectivity index (χ1n) is 9.21. The minimum absolute atomic E-state index is 0.0476. The maximum Gasteiger partial charge on any atom is 0.271 e. The van der Waals surface area contributed by atoms with Gasteiger partial charge in [-0.3, -0.25) is 9.89 Å². The molecule has 2 aromatic rings. The summed E-state index contributed by atoms with van der Waals surface area (Å²) in [4.78, 5) is 16.8. The molecule has 140 valence electrons. The number of likely N-dealkylation sites (tertiary alicyclic amines) is 1. The van der Waals surface area contributed by atoms with Crippen LogP contribution in [0.25, 0.3) is 11.3 Å². The minimum Gasteiger partial charge on any atom is -0.396 e. The van der Waals surface area contributed by atoms with Crippen LogP contribution in [-0.4, -0.2) is 71.3 Å². The van der Waals surface area contributed by atoms with Crippen molar-refractivity contribution in [2.45, 2.75) is 13.3 Å². The Hall–Kier alpha value is -2.18. The number of aromatic nitrogens is 2. The van der Waals surface area contributed by atoms with Crippen molar-refractivity contribution in [3.8, 4) is 11.3 Å². The number of nitrogens with one attached hydrogen (secondary N) is 1. The third kappa shape index (κ3) is 3.97. The molecule has 6 heteroatoms. The summed E-state index contributed by atoms with van der Waals surface area (Å²) in [7, 11) is 4.04. The predicted molar refractivity (Wildman–Crippen MR) is 102 cm³/mol. The molecule has 0 aliphatic carbocycles. The number of rotatable bonds is 6. The van der Waals surface area contributed by atoms with Crippen molar-refractivity contribution < 1.29 is 9.90 Å². The maximum atomic E-state index is 12.8. The molecule has 1 fully saturated rings. The highest BCUT2D eigenvalue weighted by Crippen LogP contribution is 2.26. The summed E-state index contributed by atoms with van der Waals surface area (Å²) in [5.74, 6) is 0.377.